The first-order valence-corrected chi connectivity index (χ1v) is 4.81. The molecule has 0 aromatic heterocycles. The van der Waals surface area contributed by atoms with E-state index in [0.29, 0.717) is 11.3 Å². The number of benzene rings is 1. The molecule has 0 saturated carbocycles. The molecule has 84 valence electrons. The third kappa shape index (κ3) is 1.55. The van der Waals surface area contributed by atoms with Crippen LogP contribution in [0.4, 0.5) is 5.69 Å². The van der Waals surface area contributed by atoms with Crippen LogP contribution >= 0.6 is 0 Å². The van der Waals surface area contributed by atoms with Gasteiger partial charge in [0.05, 0.1) is 7.11 Å². The van der Waals surface area contributed by atoms with Gasteiger partial charge in [0.1, 0.15) is 6.10 Å². The number of aliphatic hydroxyl groups is 1. The number of para-hydroxylation sites is 1. The zero-order valence-electron chi connectivity index (χ0n) is 8.64. The highest BCUT2D eigenvalue weighted by Crippen LogP contribution is 2.34. The summed E-state index contributed by atoms with van der Waals surface area (Å²) in [5.41, 5.74) is 1.05. The molecule has 1 heterocycles. The van der Waals surface area contributed by atoms with E-state index in [0.717, 1.165) is 0 Å². The van der Waals surface area contributed by atoms with E-state index in [1.807, 2.05) is 0 Å². The SMILES string of the molecule is COC(=O)C1C(=O)Nc2ccccc2C1O. The molecule has 1 aliphatic rings. The highest BCUT2D eigenvalue weighted by Gasteiger charge is 2.40. The average molecular weight is 221 g/mol. The van der Waals surface area contributed by atoms with Crippen LogP contribution in [0.15, 0.2) is 24.3 Å². The lowest BCUT2D eigenvalue weighted by atomic mass is 9.90. The van der Waals surface area contributed by atoms with Gasteiger partial charge in [0.25, 0.3) is 0 Å². The molecule has 5 heteroatoms. The molecule has 0 aliphatic carbocycles. The number of anilines is 1. The summed E-state index contributed by atoms with van der Waals surface area (Å²) in [5.74, 6) is -2.47. The molecule has 1 amide bonds. The second-order valence-electron chi connectivity index (χ2n) is 3.52. The van der Waals surface area contributed by atoms with Crippen LogP contribution in [0.1, 0.15) is 11.7 Å². The predicted molar refractivity (Wildman–Crippen MR) is 55.5 cm³/mol. The Bertz CT molecular complexity index is 443. The molecule has 2 unspecified atom stereocenters. The summed E-state index contributed by atoms with van der Waals surface area (Å²) in [6, 6.07) is 6.80. The van der Waals surface area contributed by atoms with Gasteiger partial charge in [0.2, 0.25) is 5.91 Å². The standard InChI is InChI=1S/C11H11NO4/c1-16-11(15)8-9(13)6-4-2-3-5-7(6)12-10(8)14/h2-5,8-9,13H,1H3,(H,12,14). The van der Waals surface area contributed by atoms with Crippen LogP contribution in [-0.4, -0.2) is 24.1 Å². The van der Waals surface area contributed by atoms with E-state index < -0.39 is 23.9 Å². The molecule has 0 spiro atoms. The Balaban J connectivity index is 2.41. The molecular formula is C11H11NO4. The van der Waals surface area contributed by atoms with Crippen molar-refractivity contribution in [3.63, 3.8) is 0 Å². The van der Waals surface area contributed by atoms with E-state index in [1.54, 1.807) is 24.3 Å². The van der Waals surface area contributed by atoms with Gasteiger partial charge >= 0.3 is 5.97 Å². The van der Waals surface area contributed by atoms with Gasteiger partial charge in [-0.1, -0.05) is 18.2 Å². The van der Waals surface area contributed by atoms with E-state index in [2.05, 4.69) is 10.1 Å². The molecule has 0 bridgehead atoms. The maximum absolute atomic E-state index is 11.6. The van der Waals surface area contributed by atoms with Crippen molar-refractivity contribution < 1.29 is 19.4 Å². The van der Waals surface area contributed by atoms with Crippen molar-refractivity contribution >= 4 is 17.6 Å². The summed E-state index contributed by atoms with van der Waals surface area (Å²) in [7, 11) is 1.18. The van der Waals surface area contributed by atoms with E-state index in [9.17, 15) is 14.7 Å². The minimum atomic E-state index is -1.19. The number of carbonyl (C=O) groups excluding carboxylic acids is 2. The first-order valence-electron chi connectivity index (χ1n) is 4.81. The minimum Gasteiger partial charge on any atom is -0.468 e. The lowest BCUT2D eigenvalue weighted by Gasteiger charge is -2.27. The van der Waals surface area contributed by atoms with E-state index in [4.69, 9.17) is 0 Å². The highest BCUT2D eigenvalue weighted by molar-refractivity contribution is 6.07. The van der Waals surface area contributed by atoms with Crippen LogP contribution < -0.4 is 5.32 Å². The molecule has 5 nitrogen and oxygen atoms in total. The third-order valence-corrected chi connectivity index (χ3v) is 2.59. The van der Waals surface area contributed by atoms with Gasteiger partial charge in [-0.2, -0.15) is 0 Å². The molecule has 16 heavy (non-hydrogen) atoms. The Hall–Kier alpha value is -1.88. The van der Waals surface area contributed by atoms with Crippen LogP contribution in [0.25, 0.3) is 0 Å². The maximum atomic E-state index is 11.6. The van der Waals surface area contributed by atoms with Crippen molar-refractivity contribution in [2.24, 2.45) is 5.92 Å². The van der Waals surface area contributed by atoms with Gasteiger partial charge < -0.3 is 15.2 Å². The summed E-state index contributed by atoms with van der Waals surface area (Å²) in [6.07, 6.45) is -1.16. The topological polar surface area (TPSA) is 75.6 Å². The fourth-order valence-corrected chi connectivity index (χ4v) is 1.77. The van der Waals surface area contributed by atoms with Crippen LogP contribution in [0.5, 0.6) is 0 Å². The van der Waals surface area contributed by atoms with Gasteiger partial charge in [-0.3, -0.25) is 9.59 Å². The Labute approximate surface area is 92.0 Å². The molecule has 1 aliphatic heterocycles. The van der Waals surface area contributed by atoms with E-state index in [-0.39, 0.29) is 0 Å². The average Bonchev–Trinajstić information content (AvgIpc) is 2.28. The minimum absolute atomic E-state index is 0.525. The Morgan fingerprint density at radius 3 is 2.81 bits per heavy atom. The number of rotatable bonds is 1. The molecule has 0 fully saturated rings. The second-order valence-corrected chi connectivity index (χ2v) is 3.52. The molecule has 1 aromatic rings. The Kier molecular flexibility index (Phi) is 2.62. The van der Waals surface area contributed by atoms with Crippen molar-refractivity contribution in [3.05, 3.63) is 29.8 Å². The van der Waals surface area contributed by atoms with Gasteiger partial charge in [0, 0.05) is 11.3 Å². The summed E-state index contributed by atoms with van der Waals surface area (Å²) in [5, 5.41) is 12.5. The number of hydrogen-bond donors (Lipinski definition) is 2. The zero-order valence-corrected chi connectivity index (χ0v) is 8.64. The number of ether oxygens (including phenoxy) is 1. The lowest BCUT2D eigenvalue weighted by molar-refractivity contribution is -0.153. The second kappa shape index (κ2) is 3.94. The van der Waals surface area contributed by atoms with Crippen molar-refractivity contribution in [2.45, 2.75) is 6.10 Å². The van der Waals surface area contributed by atoms with Crippen LogP contribution in [-0.2, 0) is 14.3 Å². The maximum Gasteiger partial charge on any atom is 0.321 e. The van der Waals surface area contributed by atoms with Crippen molar-refractivity contribution in [1.82, 2.24) is 0 Å². The Morgan fingerprint density at radius 1 is 1.44 bits per heavy atom. The summed E-state index contributed by atoms with van der Waals surface area (Å²) >= 11 is 0. The Morgan fingerprint density at radius 2 is 2.12 bits per heavy atom. The molecule has 1 aromatic carbocycles. The third-order valence-electron chi connectivity index (χ3n) is 2.59. The number of nitrogens with one attached hydrogen (secondary N) is 1. The van der Waals surface area contributed by atoms with Gasteiger partial charge in [-0.05, 0) is 6.07 Å². The van der Waals surface area contributed by atoms with Crippen molar-refractivity contribution in [3.8, 4) is 0 Å². The first kappa shape index (κ1) is 10.6. The van der Waals surface area contributed by atoms with Crippen molar-refractivity contribution in [2.75, 3.05) is 12.4 Å². The summed E-state index contributed by atoms with van der Waals surface area (Å²) in [6.45, 7) is 0. The number of carbonyl (C=O) groups is 2. The highest BCUT2D eigenvalue weighted by atomic mass is 16.5. The zero-order chi connectivity index (χ0) is 11.7. The van der Waals surface area contributed by atoms with Crippen LogP contribution in [0, 0.1) is 5.92 Å². The quantitative estimate of drug-likeness (QED) is 0.533. The molecule has 0 saturated heterocycles. The largest absolute Gasteiger partial charge is 0.468 e. The van der Waals surface area contributed by atoms with Crippen LogP contribution in [0.2, 0.25) is 0 Å². The summed E-state index contributed by atoms with van der Waals surface area (Å²) in [4.78, 5) is 23.0. The monoisotopic (exact) mass is 221 g/mol. The van der Waals surface area contributed by atoms with Crippen LogP contribution in [0.3, 0.4) is 0 Å². The predicted octanol–water partition coefficient (Wildman–Crippen LogP) is 0.461. The molecular weight excluding hydrogens is 210 g/mol. The molecule has 2 rings (SSSR count). The normalized spacial score (nSPS) is 23.2. The van der Waals surface area contributed by atoms with Crippen molar-refractivity contribution in [1.29, 1.82) is 0 Å². The molecule has 0 radical (unpaired) electrons. The van der Waals surface area contributed by atoms with Gasteiger partial charge in [-0.15, -0.1) is 0 Å². The fraction of sp³-hybridized carbons (Fsp3) is 0.273. The smallest absolute Gasteiger partial charge is 0.321 e. The van der Waals surface area contributed by atoms with E-state index >= 15 is 0 Å². The first-order chi connectivity index (χ1) is 7.65. The van der Waals surface area contributed by atoms with E-state index in [1.165, 1.54) is 7.11 Å². The van der Waals surface area contributed by atoms with Gasteiger partial charge in [0.15, 0.2) is 5.92 Å². The number of aliphatic hydroxyl groups excluding tert-OH is 1. The number of amides is 1. The number of hydrogen-bond acceptors (Lipinski definition) is 4. The number of fused-ring (bicyclic) bond motifs is 1. The van der Waals surface area contributed by atoms with Gasteiger partial charge in [-0.25, -0.2) is 0 Å². The number of esters is 1. The lowest BCUT2D eigenvalue weighted by Crippen LogP contribution is -2.39. The molecule has 2 N–H and O–H groups in total. The molecule has 2 atom stereocenters. The summed E-state index contributed by atoms with van der Waals surface area (Å²) < 4.78 is 4.49. The number of methoxy groups -OCH3 is 1. The fourth-order valence-electron chi connectivity index (χ4n) is 1.77.